The summed E-state index contributed by atoms with van der Waals surface area (Å²) >= 11 is 0. The number of piperidine rings is 1. The van der Waals surface area contributed by atoms with Crippen LogP contribution in [-0.4, -0.2) is 51.3 Å². The van der Waals surface area contributed by atoms with Crippen LogP contribution in [0, 0.1) is 0 Å². The predicted octanol–water partition coefficient (Wildman–Crippen LogP) is 2.19. The van der Waals surface area contributed by atoms with Crippen LogP contribution < -0.4 is 10.1 Å². The summed E-state index contributed by atoms with van der Waals surface area (Å²) < 4.78 is 8.08. The number of nitrogens with zero attached hydrogens (tertiary/aromatic N) is 4. The van der Waals surface area contributed by atoms with Crippen molar-refractivity contribution in [2.45, 2.75) is 51.8 Å². The Bertz CT molecular complexity index is 808. The van der Waals surface area contributed by atoms with Gasteiger partial charge in [0.15, 0.2) is 0 Å². The maximum Gasteiger partial charge on any atom is 0.257 e. The van der Waals surface area contributed by atoms with Crippen molar-refractivity contribution in [2.75, 3.05) is 19.6 Å². The Hall–Kier alpha value is -2.41. The average molecular weight is 369 g/mol. The fourth-order valence-electron chi connectivity index (χ4n) is 3.93. The van der Waals surface area contributed by atoms with E-state index in [0.717, 1.165) is 57.2 Å². The van der Waals surface area contributed by atoms with E-state index in [-0.39, 0.29) is 12.0 Å². The van der Waals surface area contributed by atoms with Gasteiger partial charge in [-0.05, 0) is 38.8 Å². The Kier molecular flexibility index (Phi) is 5.11. The Labute approximate surface area is 159 Å². The highest BCUT2D eigenvalue weighted by Gasteiger charge is 2.30. The van der Waals surface area contributed by atoms with E-state index in [4.69, 9.17) is 4.74 Å². The first-order chi connectivity index (χ1) is 13.1. The quantitative estimate of drug-likeness (QED) is 0.894. The van der Waals surface area contributed by atoms with E-state index in [9.17, 15) is 4.79 Å². The minimum atomic E-state index is 0.0401. The number of hydrogen-bond acceptors (Lipinski definition) is 5. The van der Waals surface area contributed by atoms with Gasteiger partial charge in [-0.2, -0.15) is 0 Å². The molecule has 4 rings (SSSR count). The molecule has 0 unspecified atom stereocenters. The third-order valence-corrected chi connectivity index (χ3v) is 5.28. The van der Waals surface area contributed by atoms with Gasteiger partial charge < -0.3 is 19.5 Å². The molecular weight excluding hydrogens is 342 g/mol. The minimum Gasteiger partial charge on any atom is -0.490 e. The number of ether oxygens (including phenoxy) is 1. The number of carbonyl (C=O) groups excluding carboxylic acids is 1. The summed E-state index contributed by atoms with van der Waals surface area (Å²) in [5.74, 6) is 3.20. The van der Waals surface area contributed by atoms with Gasteiger partial charge in [-0.25, -0.2) is 0 Å². The van der Waals surface area contributed by atoms with Crippen LogP contribution in [0.4, 0.5) is 0 Å². The molecule has 144 valence electrons. The third kappa shape index (κ3) is 3.69. The summed E-state index contributed by atoms with van der Waals surface area (Å²) in [6.45, 7) is 8.10. The molecule has 2 aliphatic rings. The van der Waals surface area contributed by atoms with Gasteiger partial charge in [0.05, 0.1) is 18.2 Å². The number of carbonyl (C=O) groups is 1. The fourth-order valence-corrected chi connectivity index (χ4v) is 3.93. The normalized spacial score (nSPS) is 17.8. The molecule has 0 aliphatic carbocycles. The highest BCUT2D eigenvalue weighted by molar-refractivity contribution is 5.97. The van der Waals surface area contributed by atoms with Crippen molar-refractivity contribution in [3.63, 3.8) is 0 Å². The molecule has 0 spiro atoms. The van der Waals surface area contributed by atoms with Gasteiger partial charge in [-0.1, -0.05) is 12.1 Å². The summed E-state index contributed by atoms with van der Waals surface area (Å²) in [7, 11) is 0. The predicted molar refractivity (Wildman–Crippen MR) is 102 cm³/mol. The van der Waals surface area contributed by atoms with E-state index in [1.54, 1.807) is 0 Å². The first-order valence-corrected chi connectivity index (χ1v) is 9.81. The molecule has 1 aromatic heterocycles. The van der Waals surface area contributed by atoms with E-state index in [1.165, 1.54) is 0 Å². The molecule has 1 saturated heterocycles. The molecule has 7 heteroatoms. The number of likely N-dealkylation sites (tertiary alicyclic amines) is 1. The topological polar surface area (TPSA) is 72.3 Å². The standard InChI is InChI=1S/C20H27N5O2/c1-14(2)27-17-6-4-3-5-16(17)20(26)24-10-7-15(8-11-24)19-23-22-18-13-21-9-12-25(18)19/h3-6,14-15,21H,7-13H2,1-2H3. The van der Waals surface area contributed by atoms with Gasteiger partial charge >= 0.3 is 0 Å². The number of nitrogens with one attached hydrogen (secondary N) is 1. The summed E-state index contributed by atoms with van der Waals surface area (Å²) in [4.78, 5) is 15.0. The monoisotopic (exact) mass is 369 g/mol. The lowest BCUT2D eigenvalue weighted by Crippen LogP contribution is -2.39. The summed E-state index contributed by atoms with van der Waals surface area (Å²) in [5, 5.41) is 12.1. The number of aromatic nitrogens is 3. The Balaban J connectivity index is 1.44. The highest BCUT2D eigenvalue weighted by Crippen LogP contribution is 2.30. The zero-order valence-corrected chi connectivity index (χ0v) is 16.0. The Morgan fingerprint density at radius 2 is 1.96 bits per heavy atom. The van der Waals surface area contributed by atoms with Gasteiger partial charge in [-0.3, -0.25) is 4.79 Å². The fraction of sp³-hybridized carbons (Fsp3) is 0.550. The van der Waals surface area contributed by atoms with E-state index in [0.29, 0.717) is 17.2 Å². The van der Waals surface area contributed by atoms with Gasteiger partial charge in [-0.15, -0.1) is 10.2 Å². The van der Waals surface area contributed by atoms with Crippen LogP contribution in [0.1, 0.15) is 54.6 Å². The second kappa shape index (κ2) is 7.68. The van der Waals surface area contributed by atoms with Crippen LogP contribution in [-0.2, 0) is 13.1 Å². The van der Waals surface area contributed by atoms with E-state index >= 15 is 0 Å². The molecule has 2 aromatic rings. The Morgan fingerprint density at radius 3 is 2.74 bits per heavy atom. The van der Waals surface area contributed by atoms with Crippen LogP contribution in [0.2, 0.25) is 0 Å². The molecule has 1 fully saturated rings. The minimum absolute atomic E-state index is 0.0401. The lowest BCUT2D eigenvalue weighted by Gasteiger charge is -2.32. The molecule has 1 aromatic carbocycles. The van der Waals surface area contributed by atoms with Gasteiger partial charge in [0.1, 0.15) is 17.4 Å². The zero-order valence-electron chi connectivity index (χ0n) is 16.0. The van der Waals surface area contributed by atoms with Crippen LogP contribution >= 0.6 is 0 Å². The smallest absolute Gasteiger partial charge is 0.257 e. The molecule has 1 amide bonds. The molecule has 3 heterocycles. The van der Waals surface area contributed by atoms with Crippen molar-refractivity contribution < 1.29 is 9.53 Å². The molecule has 1 N–H and O–H groups in total. The van der Waals surface area contributed by atoms with E-state index in [1.807, 2.05) is 43.0 Å². The Morgan fingerprint density at radius 1 is 1.19 bits per heavy atom. The van der Waals surface area contributed by atoms with Crippen molar-refractivity contribution in [1.82, 2.24) is 25.0 Å². The molecule has 2 aliphatic heterocycles. The molecule has 0 saturated carbocycles. The number of benzene rings is 1. The maximum absolute atomic E-state index is 13.0. The SMILES string of the molecule is CC(C)Oc1ccccc1C(=O)N1CCC(c2nnc3n2CCNC3)CC1. The van der Waals surface area contributed by atoms with Crippen LogP contribution in [0.3, 0.4) is 0 Å². The lowest BCUT2D eigenvalue weighted by atomic mass is 9.95. The number of para-hydroxylation sites is 1. The van der Waals surface area contributed by atoms with E-state index in [2.05, 4.69) is 20.1 Å². The van der Waals surface area contributed by atoms with Gasteiger partial charge in [0.2, 0.25) is 0 Å². The number of amides is 1. The van der Waals surface area contributed by atoms with Crippen molar-refractivity contribution in [3.05, 3.63) is 41.5 Å². The number of fused-ring (bicyclic) bond motifs is 1. The first-order valence-electron chi connectivity index (χ1n) is 9.81. The molecule has 27 heavy (non-hydrogen) atoms. The van der Waals surface area contributed by atoms with Crippen LogP contribution in [0.5, 0.6) is 5.75 Å². The molecular formula is C20H27N5O2. The average Bonchev–Trinajstić information content (AvgIpc) is 3.12. The molecule has 7 nitrogen and oxygen atoms in total. The van der Waals surface area contributed by atoms with Crippen LogP contribution in [0.25, 0.3) is 0 Å². The second-order valence-corrected chi connectivity index (χ2v) is 7.53. The van der Waals surface area contributed by atoms with Gasteiger partial charge in [0.25, 0.3) is 5.91 Å². The lowest BCUT2D eigenvalue weighted by molar-refractivity contribution is 0.0704. The van der Waals surface area contributed by atoms with Crippen molar-refractivity contribution in [1.29, 1.82) is 0 Å². The summed E-state index contributed by atoms with van der Waals surface area (Å²) in [6.07, 6.45) is 1.88. The van der Waals surface area contributed by atoms with E-state index < -0.39 is 0 Å². The largest absolute Gasteiger partial charge is 0.490 e. The van der Waals surface area contributed by atoms with Crippen LogP contribution in [0.15, 0.2) is 24.3 Å². The van der Waals surface area contributed by atoms with Crippen molar-refractivity contribution in [2.24, 2.45) is 0 Å². The summed E-state index contributed by atoms with van der Waals surface area (Å²) in [5.41, 5.74) is 0.649. The maximum atomic E-state index is 13.0. The molecule has 0 radical (unpaired) electrons. The highest BCUT2D eigenvalue weighted by atomic mass is 16.5. The molecule has 0 atom stereocenters. The number of hydrogen-bond donors (Lipinski definition) is 1. The summed E-state index contributed by atoms with van der Waals surface area (Å²) in [6, 6.07) is 7.53. The first kappa shape index (κ1) is 18.0. The second-order valence-electron chi connectivity index (χ2n) is 7.53. The van der Waals surface area contributed by atoms with Crippen molar-refractivity contribution in [3.8, 4) is 5.75 Å². The zero-order chi connectivity index (χ0) is 18.8. The van der Waals surface area contributed by atoms with Crippen molar-refractivity contribution >= 4 is 5.91 Å². The number of rotatable bonds is 4. The molecule has 0 bridgehead atoms. The van der Waals surface area contributed by atoms with Gasteiger partial charge in [0, 0.05) is 32.1 Å². The third-order valence-electron chi connectivity index (χ3n) is 5.28.